The van der Waals surface area contributed by atoms with Crippen LogP contribution in [0, 0.1) is 0 Å². The van der Waals surface area contributed by atoms with Gasteiger partial charge in [-0.05, 0) is 36.4 Å². The van der Waals surface area contributed by atoms with Crippen LogP contribution in [-0.2, 0) is 0 Å². The SMILES string of the molecule is COc1cc(Nc2ccccc2)ccc1N=Nc1ccccc1. The molecule has 0 aliphatic heterocycles. The molecule has 0 saturated carbocycles. The van der Waals surface area contributed by atoms with Crippen molar-refractivity contribution in [2.45, 2.75) is 0 Å². The highest BCUT2D eigenvalue weighted by Gasteiger charge is 2.04. The Balaban J connectivity index is 1.81. The molecule has 0 bridgehead atoms. The normalized spacial score (nSPS) is 10.7. The van der Waals surface area contributed by atoms with Gasteiger partial charge in [0.15, 0.2) is 0 Å². The van der Waals surface area contributed by atoms with Crippen molar-refractivity contribution < 1.29 is 4.74 Å². The van der Waals surface area contributed by atoms with E-state index in [1.165, 1.54) is 0 Å². The molecule has 0 spiro atoms. The van der Waals surface area contributed by atoms with E-state index in [2.05, 4.69) is 15.5 Å². The molecule has 0 heterocycles. The van der Waals surface area contributed by atoms with E-state index in [1.54, 1.807) is 7.11 Å². The average molecular weight is 303 g/mol. The highest BCUT2D eigenvalue weighted by Crippen LogP contribution is 2.32. The molecule has 0 saturated heterocycles. The lowest BCUT2D eigenvalue weighted by molar-refractivity contribution is 0.416. The number of azo groups is 1. The monoisotopic (exact) mass is 303 g/mol. The molecular formula is C19H17N3O. The second kappa shape index (κ2) is 7.22. The Kier molecular flexibility index (Phi) is 4.64. The van der Waals surface area contributed by atoms with E-state index in [9.17, 15) is 0 Å². The summed E-state index contributed by atoms with van der Waals surface area (Å²) in [6.07, 6.45) is 0. The number of nitrogens with one attached hydrogen (secondary N) is 1. The molecule has 0 aromatic heterocycles. The van der Waals surface area contributed by atoms with Crippen LogP contribution >= 0.6 is 0 Å². The lowest BCUT2D eigenvalue weighted by Gasteiger charge is -2.09. The van der Waals surface area contributed by atoms with E-state index >= 15 is 0 Å². The van der Waals surface area contributed by atoms with Crippen molar-refractivity contribution in [3.05, 3.63) is 78.9 Å². The van der Waals surface area contributed by atoms with Gasteiger partial charge in [-0.1, -0.05) is 36.4 Å². The van der Waals surface area contributed by atoms with Crippen molar-refractivity contribution in [2.75, 3.05) is 12.4 Å². The highest BCUT2D eigenvalue weighted by molar-refractivity contribution is 5.66. The number of nitrogens with zero attached hydrogens (tertiary/aromatic N) is 2. The van der Waals surface area contributed by atoms with Gasteiger partial charge in [-0.25, -0.2) is 0 Å². The van der Waals surface area contributed by atoms with Crippen LogP contribution < -0.4 is 10.1 Å². The fourth-order valence-corrected chi connectivity index (χ4v) is 2.13. The van der Waals surface area contributed by atoms with Gasteiger partial charge in [0.2, 0.25) is 0 Å². The predicted octanol–water partition coefficient (Wildman–Crippen LogP) is 5.85. The third-order valence-corrected chi connectivity index (χ3v) is 3.27. The molecule has 0 aliphatic rings. The van der Waals surface area contributed by atoms with Crippen LogP contribution in [0.1, 0.15) is 0 Å². The molecule has 0 atom stereocenters. The zero-order valence-corrected chi connectivity index (χ0v) is 12.8. The van der Waals surface area contributed by atoms with E-state index in [0.717, 1.165) is 17.1 Å². The van der Waals surface area contributed by atoms with Crippen LogP contribution in [0.3, 0.4) is 0 Å². The smallest absolute Gasteiger partial charge is 0.148 e. The summed E-state index contributed by atoms with van der Waals surface area (Å²) in [4.78, 5) is 0. The highest BCUT2D eigenvalue weighted by atomic mass is 16.5. The number of hydrogen-bond donors (Lipinski definition) is 1. The number of ether oxygens (including phenoxy) is 1. The topological polar surface area (TPSA) is 46.0 Å². The largest absolute Gasteiger partial charge is 0.494 e. The van der Waals surface area contributed by atoms with Crippen molar-refractivity contribution in [2.24, 2.45) is 10.2 Å². The number of anilines is 2. The third kappa shape index (κ3) is 3.95. The quantitative estimate of drug-likeness (QED) is 0.600. The van der Waals surface area contributed by atoms with Crippen molar-refractivity contribution in [3.8, 4) is 5.75 Å². The van der Waals surface area contributed by atoms with Crippen LogP contribution in [0.25, 0.3) is 0 Å². The fourth-order valence-electron chi connectivity index (χ4n) is 2.13. The summed E-state index contributed by atoms with van der Waals surface area (Å²) in [5.41, 5.74) is 3.45. The summed E-state index contributed by atoms with van der Waals surface area (Å²) in [7, 11) is 1.63. The van der Waals surface area contributed by atoms with Gasteiger partial charge in [0.25, 0.3) is 0 Å². The van der Waals surface area contributed by atoms with Gasteiger partial charge in [0.1, 0.15) is 11.4 Å². The van der Waals surface area contributed by atoms with Crippen molar-refractivity contribution in [3.63, 3.8) is 0 Å². The Morgan fingerprint density at radius 2 is 1.43 bits per heavy atom. The minimum atomic E-state index is 0.672. The summed E-state index contributed by atoms with van der Waals surface area (Å²) in [5.74, 6) is 0.672. The van der Waals surface area contributed by atoms with E-state index in [0.29, 0.717) is 11.4 Å². The van der Waals surface area contributed by atoms with E-state index in [-0.39, 0.29) is 0 Å². The molecule has 23 heavy (non-hydrogen) atoms. The average Bonchev–Trinajstić information content (AvgIpc) is 2.62. The Morgan fingerprint density at radius 1 is 0.739 bits per heavy atom. The van der Waals surface area contributed by atoms with Gasteiger partial charge in [-0.2, -0.15) is 5.11 Å². The van der Waals surface area contributed by atoms with Crippen LogP contribution in [-0.4, -0.2) is 7.11 Å². The minimum absolute atomic E-state index is 0.672. The van der Waals surface area contributed by atoms with Crippen molar-refractivity contribution in [1.29, 1.82) is 0 Å². The molecule has 4 nitrogen and oxygen atoms in total. The minimum Gasteiger partial charge on any atom is -0.494 e. The number of benzene rings is 3. The maximum atomic E-state index is 5.42. The predicted molar refractivity (Wildman–Crippen MR) is 93.3 cm³/mol. The maximum absolute atomic E-state index is 5.42. The number of para-hydroxylation sites is 1. The van der Waals surface area contributed by atoms with Crippen molar-refractivity contribution >= 4 is 22.7 Å². The lowest BCUT2D eigenvalue weighted by Crippen LogP contribution is -1.91. The summed E-state index contributed by atoms with van der Waals surface area (Å²) in [5, 5.41) is 11.8. The third-order valence-electron chi connectivity index (χ3n) is 3.27. The van der Waals surface area contributed by atoms with Gasteiger partial charge in [-0.15, -0.1) is 5.11 Å². The number of hydrogen-bond acceptors (Lipinski definition) is 4. The molecule has 0 aliphatic carbocycles. The van der Waals surface area contributed by atoms with E-state index < -0.39 is 0 Å². The summed E-state index contributed by atoms with van der Waals surface area (Å²) in [6.45, 7) is 0. The van der Waals surface area contributed by atoms with Crippen LogP contribution in [0.15, 0.2) is 89.1 Å². The van der Waals surface area contributed by atoms with Crippen molar-refractivity contribution in [1.82, 2.24) is 0 Å². The van der Waals surface area contributed by atoms with E-state index in [4.69, 9.17) is 4.74 Å². The second-order valence-corrected chi connectivity index (χ2v) is 4.91. The molecule has 1 N–H and O–H groups in total. The molecular weight excluding hydrogens is 286 g/mol. The van der Waals surface area contributed by atoms with Gasteiger partial charge in [0, 0.05) is 17.4 Å². The van der Waals surface area contributed by atoms with Gasteiger partial charge < -0.3 is 10.1 Å². The Hall–Kier alpha value is -3.14. The zero-order chi connectivity index (χ0) is 15.9. The maximum Gasteiger partial charge on any atom is 0.148 e. The molecule has 3 aromatic rings. The Bertz CT molecular complexity index is 786. The van der Waals surface area contributed by atoms with E-state index in [1.807, 2.05) is 78.9 Å². The molecule has 0 radical (unpaired) electrons. The van der Waals surface area contributed by atoms with Crippen LogP contribution in [0.2, 0.25) is 0 Å². The van der Waals surface area contributed by atoms with Crippen LogP contribution in [0.5, 0.6) is 5.75 Å². The molecule has 4 heteroatoms. The molecule has 3 aromatic carbocycles. The standard InChI is InChI=1S/C19H17N3O/c1-23-19-14-17(20-15-8-4-2-5-9-15)12-13-18(19)22-21-16-10-6-3-7-11-16/h2-14,20H,1H3. The zero-order valence-electron chi connectivity index (χ0n) is 12.8. The van der Waals surface area contributed by atoms with Gasteiger partial charge in [0.05, 0.1) is 12.8 Å². The Labute approximate surface area is 135 Å². The Morgan fingerprint density at radius 3 is 2.13 bits per heavy atom. The summed E-state index contributed by atoms with van der Waals surface area (Å²) < 4.78 is 5.42. The lowest BCUT2D eigenvalue weighted by atomic mass is 10.2. The molecule has 0 unspecified atom stereocenters. The molecule has 0 amide bonds. The first-order valence-corrected chi connectivity index (χ1v) is 7.32. The van der Waals surface area contributed by atoms with Gasteiger partial charge in [-0.3, -0.25) is 0 Å². The second-order valence-electron chi connectivity index (χ2n) is 4.91. The number of rotatable bonds is 5. The van der Waals surface area contributed by atoms with Gasteiger partial charge >= 0.3 is 0 Å². The molecule has 114 valence electrons. The first-order chi connectivity index (χ1) is 11.3. The summed E-state index contributed by atoms with van der Waals surface area (Å²) in [6, 6.07) is 25.3. The summed E-state index contributed by atoms with van der Waals surface area (Å²) >= 11 is 0. The van der Waals surface area contributed by atoms with Crippen LogP contribution in [0.4, 0.5) is 22.7 Å². The number of methoxy groups -OCH3 is 1. The molecule has 3 rings (SSSR count). The first-order valence-electron chi connectivity index (χ1n) is 7.32. The fraction of sp³-hybridized carbons (Fsp3) is 0.0526. The molecule has 0 fully saturated rings. The first kappa shape index (κ1) is 14.8.